The van der Waals surface area contributed by atoms with Gasteiger partial charge in [0.15, 0.2) is 0 Å². The van der Waals surface area contributed by atoms with E-state index in [1.165, 1.54) is 6.92 Å². The molecule has 27 heavy (non-hydrogen) atoms. The van der Waals surface area contributed by atoms with Crippen molar-refractivity contribution in [2.75, 3.05) is 5.32 Å². The molecule has 1 saturated carbocycles. The number of amides is 1. The first kappa shape index (κ1) is 17.1. The van der Waals surface area contributed by atoms with E-state index >= 15 is 0 Å². The van der Waals surface area contributed by atoms with E-state index in [0.29, 0.717) is 11.6 Å². The highest BCUT2D eigenvalue weighted by molar-refractivity contribution is 6.01. The Bertz CT molecular complexity index is 987. The number of anilines is 1. The minimum atomic E-state index is -4.67. The summed E-state index contributed by atoms with van der Waals surface area (Å²) in [6.45, 7) is 1.47. The molecule has 3 heterocycles. The molecule has 0 unspecified atom stereocenters. The normalized spacial score (nSPS) is 14.4. The average molecular weight is 378 g/mol. The van der Waals surface area contributed by atoms with Crippen molar-refractivity contribution in [3.8, 4) is 5.95 Å². The highest BCUT2D eigenvalue weighted by atomic mass is 19.4. The predicted octanol–water partition coefficient (Wildman–Crippen LogP) is 2.24. The maximum absolute atomic E-state index is 12.6. The molecule has 3 aromatic heterocycles. The first-order valence-corrected chi connectivity index (χ1v) is 8.02. The van der Waals surface area contributed by atoms with Crippen molar-refractivity contribution in [1.29, 1.82) is 0 Å². The Kier molecular flexibility index (Phi) is 3.89. The number of nitrogens with one attached hydrogen (secondary N) is 2. The summed E-state index contributed by atoms with van der Waals surface area (Å²) < 4.78 is 38.8. The Hall–Kier alpha value is -3.31. The number of aromatic nitrogens is 7. The van der Waals surface area contributed by atoms with E-state index in [9.17, 15) is 18.0 Å². The van der Waals surface area contributed by atoms with Crippen molar-refractivity contribution in [1.82, 2.24) is 34.9 Å². The number of rotatable bonds is 4. The van der Waals surface area contributed by atoms with Gasteiger partial charge in [0.1, 0.15) is 5.82 Å². The molecule has 1 amide bonds. The number of alkyl halides is 3. The Morgan fingerprint density at radius 3 is 2.67 bits per heavy atom. The van der Waals surface area contributed by atoms with E-state index in [0.717, 1.165) is 23.2 Å². The van der Waals surface area contributed by atoms with Crippen LogP contribution in [0.25, 0.3) is 5.95 Å². The Morgan fingerprint density at radius 1 is 1.30 bits per heavy atom. The van der Waals surface area contributed by atoms with Gasteiger partial charge >= 0.3 is 6.18 Å². The summed E-state index contributed by atoms with van der Waals surface area (Å²) >= 11 is 0. The van der Waals surface area contributed by atoms with Gasteiger partial charge in [-0.2, -0.15) is 22.8 Å². The highest BCUT2D eigenvalue weighted by Gasteiger charge is 2.35. The van der Waals surface area contributed by atoms with Crippen molar-refractivity contribution in [3.05, 3.63) is 41.5 Å². The molecule has 0 aliphatic heterocycles. The summed E-state index contributed by atoms with van der Waals surface area (Å²) in [4.78, 5) is 23.9. The Balaban J connectivity index is 1.51. The molecule has 0 atom stereocenters. The van der Waals surface area contributed by atoms with Crippen LogP contribution in [0.2, 0.25) is 0 Å². The Morgan fingerprint density at radius 2 is 2.07 bits per heavy atom. The molecule has 0 spiro atoms. The number of H-pyrrole nitrogens is 1. The number of pyridine rings is 1. The number of halogens is 3. The summed E-state index contributed by atoms with van der Waals surface area (Å²) in [5.74, 6) is -1.81. The summed E-state index contributed by atoms with van der Waals surface area (Å²) in [5, 5.41) is 11.7. The van der Waals surface area contributed by atoms with Crippen LogP contribution in [0.3, 0.4) is 0 Å². The van der Waals surface area contributed by atoms with Gasteiger partial charge in [0.05, 0.1) is 11.9 Å². The van der Waals surface area contributed by atoms with Crippen molar-refractivity contribution < 1.29 is 18.0 Å². The molecular weight excluding hydrogens is 365 g/mol. The van der Waals surface area contributed by atoms with Crippen LogP contribution in [-0.2, 0) is 6.18 Å². The van der Waals surface area contributed by atoms with E-state index in [1.54, 1.807) is 17.4 Å². The van der Waals surface area contributed by atoms with E-state index in [1.807, 2.05) is 6.07 Å². The monoisotopic (exact) mass is 378 g/mol. The molecule has 0 radical (unpaired) electrons. The third kappa shape index (κ3) is 3.50. The fourth-order valence-electron chi connectivity index (χ4n) is 2.44. The van der Waals surface area contributed by atoms with Crippen LogP contribution in [0.5, 0.6) is 0 Å². The van der Waals surface area contributed by atoms with Crippen molar-refractivity contribution >= 4 is 11.6 Å². The first-order chi connectivity index (χ1) is 12.8. The summed E-state index contributed by atoms with van der Waals surface area (Å²) in [5.41, 5.74) is 1.45. The van der Waals surface area contributed by atoms with Crippen LogP contribution in [-0.4, -0.2) is 40.8 Å². The molecule has 1 fully saturated rings. The van der Waals surface area contributed by atoms with Crippen LogP contribution < -0.4 is 5.32 Å². The second-order valence-corrected chi connectivity index (χ2v) is 6.08. The lowest BCUT2D eigenvalue weighted by molar-refractivity contribution is -0.144. The number of hydrogen-bond donors (Lipinski definition) is 2. The smallest absolute Gasteiger partial charge is 0.318 e. The third-order valence-corrected chi connectivity index (χ3v) is 3.94. The molecule has 2 N–H and O–H groups in total. The molecule has 1 aliphatic carbocycles. The summed E-state index contributed by atoms with van der Waals surface area (Å²) in [6, 6.07) is 3.57. The number of aromatic amines is 1. The average Bonchev–Trinajstić information content (AvgIpc) is 3.20. The largest absolute Gasteiger partial charge is 0.451 e. The van der Waals surface area contributed by atoms with Gasteiger partial charge in [-0.25, -0.2) is 4.98 Å². The molecule has 0 saturated heterocycles. The molecule has 12 heteroatoms. The van der Waals surface area contributed by atoms with Gasteiger partial charge in [0.2, 0.25) is 11.6 Å². The van der Waals surface area contributed by atoms with Crippen LogP contribution in [0.15, 0.2) is 18.3 Å². The minimum absolute atomic E-state index is 0.162. The second kappa shape index (κ2) is 6.14. The third-order valence-electron chi connectivity index (χ3n) is 3.94. The number of hydrogen-bond acceptors (Lipinski definition) is 6. The van der Waals surface area contributed by atoms with E-state index < -0.39 is 17.9 Å². The quantitative estimate of drug-likeness (QED) is 0.720. The lowest BCUT2D eigenvalue weighted by Crippen LogP contribution is -2.14. The molecular formula is C15H13F3N8O. The highest BCUT2D eigenvalue weighted by Crippen LogP contribution is 2.38. The fourth-order valence-corrected chi connectivity index (χ4v) is 2.44. The maximum atomic E-state index is 12.6. The van der Waals surface area contributed by atoms with Crippen LogP contribution in [0.1, 0.15) is 46.7 Å². The van der Waals surface area contributed by atoms with Crippen LogP contribution in [0.4, 0.5) is 18.9 Å². The Labute approximate surface area is 150 Å². The topological polar surface area (TPSA) is 114 Å². The SMILES string of the molecule is Cc1nc(C(=O)Nc2ccc(C3CC3)nc2)nn1-c1n[nH]c(C(F)(F)F)n1. The van der Waals surface area contributed by atoms with E-state index in [4.69, 9.17) is 0 Å². The molecule has 0 bridgehead atoms. The molecule has 0 aromatic carbocycles. The summed E-state index contributed by atoms with van der Waals surface area (Å²) in [7, 11) is 0. The number of nitrogens with zero attached hydrogens (tertiary/aromatic N) is 6. The predicted molar refractivity (Wildman–Crippen MR) is 85.2 cm³/mol. The molecule has 140 valence electrons. The van der Waals surface area contributed by atoms with Gasteiger partial charge in [-0.15, -0.1) is 10.2 Å². The van der Waals surface area contributed by atoms with Crippen LogP contribution in [0, 0.1) is 6.92 Å². The number of carbonyl (C=O) groups is 1. The van der Waals surface area contributed by atoms with Crippen molar-refractivity contribution in [2.45, 2.75) is 31.9 Å². The molecule has 4 rings (SSSR count). The minimum Gasteiger partial charge on any atom is -0.318 e. The fraction of sp³-hybridized carbons (Fsp3) is 0.333. The zero-order chi connectivity index (χ0) is 19.2. The van der Waals surface area contributed by atoms with Gasteiger partial charge in [-0.3, -0.25) is 14.9 Å². The zero-order valence-electron chi connectivity index (χ0n) is 13.9. The standard InChI is InChI=1S/C15H13F3N8O/c1-7-20-11(25-26(7)14-22-13(23-24-14)15(16,17)18)12(27)21-9-4-5-10(19-6-9)8-2-3-8/h4-6,8H,2-3H2,1H3,(H,21,27)(H,22,23,24). The lowest BCUT2D eigenvalue weighted by Gasteiger charge is -2.03. The van der Waals surface area contributed by atoms with Gasteiger partial charge in [0.25, 0.3) is 11.9 Å². The summed E-state index contributed by atoms with van der Waals surface area (Å²) in [6.07, 6.45) is -0.882. The molecule has 9 nitrogen and oxygen atoms in total. The molecule has 3 aromatic rings. The van der Waals surface area contributed by atoms with Crippen molar-refractivity contribution in [3.63, 3.8) is 0 Å². The van der Waals surface area contributed by atoms with Gasteiger partial charge in [-0.05, 0) is 31.9 Å². The number of aryl methyl sites for hydroxylation is 1. The first-order valence-electron chi connectivity index (χ1n) is 8.02. The van der Waals surface area contributed by atoms with E-state index in [2.05, 4.69) is 30.5 Å². The van der Waals surface area contributed by atoms with Crippen molar-refractivity contribution in [2.24, 2.45) is 0 Å². The zero-order valence-corrected chi connectivity index (χ0v) is 13.9. The maximum Gasteiger partial charge on any atom is 0.451 e. The number of carbonyl (C=O) groups excluding carboxylic acids is 1. The van der Waals surface area contributed by atoms with Gasteiger partial charge < -0.3 is 5.32 Å². The van der Waals surface area contributed by atoms with Crippen LogP contribution >= 0.6 is 0 Å². The second-order valence-electron chi connectivity index (χ2n) is 6.08. The van der Waals surface area contributed by atoms with Gasteiger partial charge in [-0.1, -0.05) is 0 Å². The lowest BCUT2D eigenvalue weighted by atomic mass is 10.2. The van der Waals surface area contributed by atoms with Gasteiger partial charge in [0, 0.05) is 11.6 Å². The van der Waals surface area contributed by atoms with E-state index in [-0.39, 0.29) is 17.6 Å². The molecule has 1 aliphatic rings.